The molecule has 1 aromatic carbocycles. The molecular formula is C16H21NS. The maximum atomic E-state index is 3.48. The minimum atomic E-state index is 0.573. The van der Waals surface area contributed by atoms with Crippen LogP contribution in [0.4, 0.5) is 0 Å². The molecular weight excluding hydrogens is 238 g/mol. The van der Waals surface area contributed by atoms with Gasteiger partial charge >= 0.3 is 0 Å². The van der Waals surface area contributed by atoms with Gasteiger partial charge in [0.1, 0.15) is 0 Å². The zero-order chi connectivity index (χ0) is 12.8. The maximum Gasteiger partial charge on any atom is 0.00517 e. The molecule has 0 spiro atoms. The summed E-state index contributed by atoms with van der Waals surface area (Å²) in [7, 11) is 0. The van der Waals surface area contributed by atoms with Crippen molar-refractivity contribution in [1.29, 1.82) is 0 Å². The molecule has 0 aliphatic heterocycles. The first kappa shape index (κ1) is 13.3. The molecule has 2 rings (SSSR count). The number of hydrogen-bond donors (Lipinski definition) is 1. The zero-order valence-corrected chi connectivity index (χ0v) is 12.0. The number of nitrogens with one attached hydrogen (secondary N) is 1. The van der Waals surface area contributed by atoms with Crippen molar-refractivity contribution < 1.29 is 0 Å². The molecule has 2 heteroatoms. The lowest BCUT2D eigenvalue weighted by atomic mass is 9.93. The molecule has 1 heterocycles. The highest BCUT2D eigenvalue weighted by Gasteiger charge is 2.12. The molecule has 1 N–H and O–H groups in total. The molecule has 1 atom stereocenters. The maximum absolute atomic E-state index is 3.48. The summed E-state index contributed by atoms with van der Waals surface area (Å²) in [5, 5.41) is 5.65. The lowest BCUT2D eigenvalue weighted by Gasteiger charge is -2.17. The van der Waals surface area contributed by atoms with E-state index in [1.807, 2.05) is 11.3 Å². The van der Waals surface area contributed by atoms with Crippen molar-refractivity contribution in [3.63, 3.8) is 0 Å². The summed E-state index contributed by atoms with van der Waals surface area (Å²) in [5.41, 5.74) is 2.80. The summed E-state index contributed by atoms with van der Waals surface area (Å²) in [5.74, 6) is 0.573. The normalized spacial score (nSPS) is 12.6. The summed E-state index contributed by atoms with van der Waals surface area (Å²) >= 11 is 1.86. The van der Waals surface area contributed by atoms with Gasteiger partial charge in [0, 0.05) is 17.3 Å². The third-order valence-corrected chi connectivity index (χ3v) is 4.08. The van der Waals surface area contributed by atoms with Gasteiger partial charge in [-0.3, -0.25) is 0 Å². The average molecular weight is 259 g/mol. The van der Waals surface area contributed by atoms with E-state index in [9.17, 15) is 0 Å². The molecule has 18 heavy (non-hydrogen) atoms. The number of aryl methyl sites for hydroxylation is 1. The van der Waals surface area contributed by atoms with Gasteiger partial charge in [-0.05, 0) is 36.9 Å². The standard InChI is InChI=1S/C16H21NS/c1-3-17-12-15(11-16-8-5-9-18-16)14-7-4-6-13(2)10-14/h4-10,15,17H,3,11-12H2,1-2H3. The second kappa shape index (κ2) is 6.72. The second-order valence-corrected chi connectivity index (χ2v) is 5.73. The van der Waals surface area contributed by atoms with Gasteiger partial charge in [-0.15, -0.1) is 11.3 Å². The van der Waals surface area contributed by atoms with Crippen molar-refractivity contribution >= 4 is 11.3 Å². The van der Waals surface area contributed by atoms with E-state index in [-0.39, 0.29) is 0 Å². The van der Waals surface area contributed by atoms with Crippen LogP contribution in [0.25, 0.3) is 0 Å². The van der Waals surface area contributed by atoms with Gasteiger partial charge in [0.25, 0.3) is 0 Å². The van der Waals surface area contributed by atoms with Crippen molar-refractivity contribution in [2.75, 3.05) is 13.1 Å². The van der Waals surface area contributed by atoms with Gasteiger partial charge < -0.3 is 5.32 Å². The highest BCUT2D eigenvalue weighted by atomic mass is 32.1. The molecule has 0 bridgehead atoms. The second-order valence-electron chi connectivity index (χ2n) is 4.70. The fourth-order valence-corrected chi connectivity index (χ4v) is 3.01. The molecule has 0 saturated heterocycles. The van der Waals surface area contributed by atoms with E-state index in [4.69, 9.17) is 0 Å². The molecule has 0 fully saturated rings. The van der Waals surface area contributed by atoms with Gasteiger partial charge in [-0.25, -0.2) is 0 Å². The van der Waals surface area contributed by atoms with E-state index in [0.717, 1.165) is 19.5 Å². The Kier molecular flexibility index (Phi) is 4.97. The van der Waals surface area contributed by atoms with Crippen molar-refractivity contribution in [3.8, 4) is 0 Å². The first-order valence-corrected chi connectivity index (χ1v) is 7.47. The van der Waals surface area contributed by atoms with E-state index < -0.39 is 0 Å². The molecule has 0 aliphatic rings. The van der Waals surface area contributed by atoms with Crippen LogP contribution in [-0.2, 0) is 6.42 Å². The molecule has 0 amide bonds. The van der Waals surface area contributed by atoms with Gasteiger partial charge in [-0.2, -0.15) is 0 Å². The highest BCUT2D eigenvalue weighted by Crippen LogP contribution is 2.23. The Labute approximate surface area is 114 Å². The van der Waals surface area contributed by atoms with E-state index in [2.05, 4.69) is 60.9 Å². The Morgan fingerprint density at radius 1 is 1.22 bits per heavy atom. The van der Waals surface area contributed by atoms with Crippen LogP contribution in [0.3, 0.4) is 0 Å². The Morgan fingerprint density at radius 3 is 2.78 bits per heavy atom. The Morgan fingerprint density at radius 2 is 2.11 bits per heavy atom. The molecule has 96 valence electrons. The number of hydrogen-bond acceptors (Lipinski definition) is 2. The summed E-state index contributed by atoms with van der Waals surface area (Å²) in [6, 6.07) is 13.3. The predicted molar refractivity (Wildman–Crippen MR) is 80.5 cm³/mol. The predicted octanol–water partition coefficient (Wildman–Crippen LogP) is 3.99. The summed E-state index contributed by atoms with van der Waals surface area (Å²) in [6.45, 7) is 6.42. The van der Waals surface area contributed by atoms with Crippen molar-refractivity contribution in [1.82, 2.24) is 5.32 Å². The van der Waals surface area contributed by atoms with Crippen LogP contribution >= 0.6 is 11.3 Å². The quantitative estimate of drug-likeness (QED) is 0.827. The molecule has 1 aromatic heterocycles. The van der Waals surface area contributed by atoms with E-state index in [1.54, 1.807) is 0 Å². The highest BCUT2D eigenvalue weighted by molar-refractivity contribution is 7.09. The SMILES string of the molecule is CCNCC(Cc1cccs1)c1cccc(C)c1. The van der Waals surface area contributed by atoms with E-state index >= 15 is 0 Å². The lowest BCUT2D eigenvalue weighted by Crippen LogP contribution is -2.22. The van der Waals surface area contributed by atoms with Crippen LogP contribution < -0.4 is 5.32 Å². The van der Waals surface area contributed by atoms with Crippen LogP contribution in [-0.4, -0.2) is 13.1 Å². The molecule has 1 unspecified atom stereocenters. The first-order valence-electron chi connectivity index (χ1n) is 6.59. The molecule has 2 aromatic rings. The molecule has 0 aliphatic carbocycles. The van der Waals surface area contributed by atoms with Crippen molar-refractivity contribution in [2.24, 2.45) is 0 Å². The van der Waals surface area contributed by atoms with E-state index in [1.165, 1.54) is 16.0 Å². The molecule has 1 nitrogen and oxygen atoms in total. The summed E-state index contributed by atoms with van der Waals surface area (Å²) in [4.78, 5) is 1.47. The smallest absolute Gasteiger partial charge is 0.00517 e. The monoisotopic (exact) mass is 259 g/mol. The Balaban J connectivity index is 2.13. The number of thiophene rings is 1. The summed E-state index contributed by atoms with van der Waals surface area (Å²) < 4.78 is 0. The third kappa shape index (κ3) is 3.69. The Bertz CT molecular complexity index is 462. The third-order valence-electron chi connectivity index (χ3n) is 3.18. The largest absolute Gasteiger partial charge is 0.316 e. The van der Waals surface area contributed by atoms with Gasteiger partial charge in [0.05, 0.1) is 0 Å². The lowest BCUT2D eigenvalue weighted by molar-refractivity contribution is 0.598. The van der Waals surface area contributed by atoms with Crippen LogP contribution in [0.15, 0.2) is 41.8 Å². The van der Waals surface area contributed by atoms with Crippen molar-refractivity contribution in [2.45, 2.75) is 26.2 Å². The number of rotatable bonds is 6. The van der Waals surface area contributed by atoms with Crippen LogP contribution in [0, 0.1) is 6.92 Å². The van der Waals surface area contributed by atoms with Crippen molar-refractivity contribution in [3.05, 3.63) is 57.8 Å². The fraction of sp³-hybridized carbons (Fsp3) is 0.375. The van der Waals surface area contributed by atoms with Crippen LogP contribution in [0.5, 0.6) is 0 Å². The fourth-order valence-electron chi connectivity index (χ4n) is 2.22. The average Bonchev–Trinajstić information content (AvgIpc) is 2.87. The first-order chi connectivity index (χ1) is 8.79. The number of likely N-dealkylation sites (N-methyl/N-ethyl adjacent to an activating group) is 1. The minimum absolute atomic E-state index is 0.573. The topological polar surface area (TPSA) is 12.0 Å². The molecule has 0 radical (unpaired) electrons. The van der Waals surface area contributed by atoms with Crippen LogP contribution in [0.1, 0.15) is 28.8 Å². The number of benzene rings is 1. The van der Waals surface area contributed by atoms with Gasteiger partial charge in [-0.1, -0.05) is 42.8 Å². The van der Waals surface area contributed by atoms with Crippen LogP contribution in [0.2, 0.25) is 0 Å². The zero-order valence-electron chi connectivity index (χ0n) is 11.1. The summed E-state index contributed by atoms with van der Waals surface area (Å²) in [6.07, 6.45) is 1.13. The Hall–Kier alpha value is -1.12. The van der Waals surface area contributed by atoms with Gasteiger partial charge in [0.15, 0.2) is 0 Å². The molecule has 0 saturated carbocycles. The minimum Gasteiger partial charge on any atom is -0.316 e. The van der Waals surface area contributed by atoms with Gasteiger partial charge in [0.2, 0.25) is 0 Å². The van der Waals surface area contributed by atoms with E-state index in [0.29, 0.717) is 5.92 Å².